The van der Waals surface area contributed by atoms with Gasteiger partial charge in [0.05, 0.1) is 11.1 Å². The number of ether oxygens (including phenoxy) is 1. The van der Waals surface area contributed by atoms with Crippen LogP contribution in [-0.2, 0) is 4.74 Å². The van der Waals surface area contributed by atoms with Crippen LogP contribution in [0.5, 0.6) is 0 Å². The Bertz CT molecular complexity index is 416. The molecule has 0 amide bonds. The first-order valence-electron chi connectivity index (χ1n) is 5.08. The van der Waals surface area contributed by atoms with Crippen LogP contribution in [0.1, 0.15) is 6.42 Å². The molecule has 1 aliphatic heterocycles. The average Bonchev–Trinajstić information content (AvgIpc) is 2.32. The van der Waals surface area contributed by atoms with Gasteiger partial charge in [0.2, 0.25) is 0 Å². The summed E-state index contributed by atoms with van der Waals surface area (Å²) in [6.45, 7) is 1.88. The van der Waals surface area contributed by atoms with E-state index in [2.05, 4.69) is 5.32 Å². The fraction of sp³-hybridized carbons (Fsp3) is 0.364. The van der Waals surface area contributed by atoms with Gasteiger partial charge in [-0.1, -0.05) is 0 Å². The van der Waals surface area contributed by atoms with Crippen molar-refractivity contribution in [1.82, 2.24) is 0 Å². The molecule has 1 heterocycles. The van der Waals surface area contributed by atoms with Crippen LogP contribution in [-0.4, -0.2) is 18.0 Å². The number of nitrogens with one attached hydrogen (secondary N) is 1. The van der Waals surface area contributed by atoms with Gasteiger partial charge in [-0.3, -0.25) is 0 Å². The molecule has 0 aromatic heterocycles. The third kappa shape index (κ3) is 2.66. The highest BCUT2D eigenvalue weighted by Gasteiger charge is 2.25. The quantitative estimate of drug-likeness (QED) is 0.655. The van der Waals surface area contributed by atoms with Crippen molar-refractivity contribution in [2.75, 3.05) is 11.9 Å². The first-order chi connectivity index (χ1) is 8.09. The maximum atomic E-state index is 13.4. The van der Waals surface area contributed by atoms with Crippen LogP contribution in [0.3, 0.4) is 0 Å². The van der Waals surface area contributed by atoms with Crippen molar-refractivity contribution in [3.05, 3.63) is 36.2 Å². The molecule has 1 saturated heterocycles. The van der Waals surface area contributed by atoms with Crippen LogP contribution in [0.2, 0.25) is 0 Å². The highest BCUT2D eigenvalue weighted by molar-refractivity contribution is 6.22. The maximum Gasteiger partial charge on any atom is 0.196 e. The normalized spacial score (nSPS) is 24.7. The molecular formula is C11H10ClF3NO. The molecule has 1 radical (unpaired) electrons. The standard InChI is InChI=1S/C11H10ClF3NO/c12-6-5-17-4-3-8(6)16-9-2-1-7(13)10(14)11(9)15/h1-2,5-6,8,16H,3-4H2. The minimum atomic E-state index is -1.49. The number of benzene rings is 1. The summed E-state index contributed by atoms with van der Waals surface area (Å²) < 4.78 is 44.1. The summed E-state index contributed by atoms with van der Waals surface area (Å²) in [7, 11) is 0. The highest BCUT2D eigenvalue weighted by Crippen LogP contribution is 2.25. The van der Waals surface area contributed by atoms with Gasteiger partial charge in [0.1, 0.15) is 6.61 Å². The number of rotatable bonds is 2. The summed E-state index contributed by atoms with van der Waals surface area (Å²) in [4.78, 5) is 0. The van der Waals surface area contributed by atoms with Crippen molar-refractivity contribution in [3.8, 4) is 0 Å². The number of alkyl halides is 1. The molecule has 0 saturated carbocycles. The third-order valence-corrected chi connectivity index (χ3v) is 2.94. The predicted molar refractivity (Wildman–Crippen MR) is 58.2 cm³/mol. The molecule has 17 heavy (non-hydrogen) atoms. The first kappa shape index (κ1) is 12.5. The van der Waals surface area contributed by atoms with Gasteiger partial charge in [0.15, 0.2) is 17.5 Å². The molecule has 0 aliphatic carbocycles. The molecule has 2 rings (SSSR count). The van der Waals surface area contributed by atoms with Gasteiger partial charge in [0, 0.05) is 12.6 Å². The van der Waals surface area contributed by atoms with E-state index < -0.39 is 22.8 Å². The van der Waals surface area contributed by atoms with Crippen LogP contribution in [0.25, 0.3) is 0 Å². The smallest absolute Gasteiger partial charge is 0.196 e. The summed E-state index contributed by atoms with van der Waals surface area (Å²) in [6.07, 6.45) is 0.559. The zero-order valence-corrected chi connectivity index (χ0v) is 9.48. The predicted octanol–water partition coefficient (Wildman–Crippen LogP) is 3.07. The lowest BCUT2D eigenvalue weighted by Gasteiger charge is -2.28. The molecule has 93 valence electrons. The van der Waals surface area contributed by atoms with Gasteiger partial charge in [-0.15, -0.1) is 11.6 Å². The lowest BCUT2D eigenvalue weighted by atomic mass is 10.1. The molecule has 6 heteroatoms. The Morgan fingerprint density at radius 2 is 2.00 bits per heavy atom. The fourth-order valence-corrected chi connectivity index (χ4v) is 1.86. The molecule has 2 atom stereocenters. The van der Waals surface area contributed by atoms with Crippen LogP contribution in [0.4, 0.5) is 18.9 Å². The van der Waals surface area contributed by atoms with E-state index in [0.717, 1.165) is 12.1 Å². The lowest BCUT2D eigenvalue weighted by molar-refractivity contribution is 0.151. The van der Waals surface area contributed by atoms with Crippen molar-refractivity contribution < 1.29 is 17.9 Å². The van der Waals surface area contributed by atoms with Crippen LogP contribution in [0.15, 0.2) is 12.1 Å². The van der Waals surface area contributed by atoms with Gasteiger partial charge in [-0.2, -0.15) is 0 Å². The van der Waals surface area contributed by atoms with Crippen molar-refractivity contribution >= 4 is 17.3 Å². The van der Waals surface area contributed by atoms with E-state index >= 15 is 0 Å². The van der Waals surface area contributed by atoms with E-state index in [1.54, 1.807) is 0 Å². The summed E-state index contributed by atoms with van der Waals surface area (Å²) in [6, 6.07) is 1.74. The Kier molecular flexibility index (Phi) is 3.79. The molecule has 1 aliphatic rings. The molecule has 1 aromatic carbocycles. The second-order valence-electron chi connectivity index (χ2n) is 3.71. The minimum Gasteiger partial charge on any atom is -0.378 e. The molecule has 0 spiro atoms. The van der Waals surface area contributed by atoms with Gasteiger partial charge >= 0.3 is 0 Å². The zero-order valence-electron chi connectivity index (χ0n) is 8.72. The number of hydrogen-bond donors (Lipinski definition) is 1. The second-order valence-corrected chi connectivity index (χ2v) is 4.22. The Morgan fingerprint density at radius 3 is 2.71 bits per heavy atom. The van der Waals surface area contributed by atoms with Gasteiger partial charge in [-0.25, -0.2) is 13.2 Å². The van der Waals surface area contributed by atoms with Crippen LogP contribution < -0.4 is 5.32 Å². The van der Waals surface area contributed by atoms with Crippen LogP contribution in [0, 0.1) is 24.1 Å². The van der Waals surface area contributed by atoms with Crippen molar-refractivity contribution in [2.45, 2.75) is 17.8 Å². The van der Waals surface area contributed by atoms with Gasteiger partial charge in [-0.05, 0) is 18.6 Å². The van der Waals surface area contributed by atoms with E-state index in [-0.39, 0.29) is 11.7 Å². The zero-order chi connectivity index (χ0) is 12.4. The molecule has 0 bridgehead atoms. The molecule has 2 nitrogen and oxygen atoms in total. The summed E-state index contributed by atoms with van der Waals surface area (Å²) in [5.74, 6) is -3.94. The summed E-state index contributed by atoms with van der Waals surface area (Å²) in [5.41, 5.74) is -0.102. The number of hydrogen-bond acceptors (Lipinski definition) is 2. The van der Waals surface area contributed by atoms with E-state index in [9.17, 15) is 13.2 Å². The van der Waals surface area contributed by atoms with E-state index in [4.69, 9.17) is 16.3 Å². The minimum absolute atomic E-state index is 0.102. The average molecular weight is 265 g/mol. The van der Waals surface area contributed by atoms with Crippen molar-refractivity contribution in [3.63, 3.8) is 0 Å². The second kappa shape index (κ2) is 5.14. The molecule has 1 N–H and O–H groups in total. The number of halogens is 4. The third-order valence-electron chi connectivity index (χ3n) is 2.53. The van der Waals surface area contributed by atoms with Crippen molar-refractivity contribution in [2.24, 2.45) is 0 Å². The van der Waals surface area contributed by atoms with Crippen molar-refractivity contribution in [1.29, 1.82) is 0 Å². The maximum absolute atomic E-state index is 13.4. The first-order valence-corrected chi connectivity index (χ1v) is 5.52. The molecule has 1 aromatic rings. The monoisotopic (exact) mass is 264 g/mol. The lowest BCUT2D eigenvalue weighted by Crippen LogP contribution is -2.36. The van der Waals surface area contributed by atoms with Gasteiger partial charge in [0.25, 0.3) is 0 Å². The van der Waals surface area contributed by atoms with Gasteiger partial charge < -0.3 is 10.1 Å². The van der Waals surface area contributed by atoms with Crippen LogP contribution >= 0.6 is 11.6 Å². The SMILES string of the molecule is Fc1ccc(NC2CCO[CH]C2Cl)c(F)c1F. The molecule has 2 unspecified atom stereocenters. The van der Waals surface area contributed by atoms with E-state index in [0.29, 0.717) is 13.0 Å². The summed E-state index contributed by atoms with van der Waals surface area (Å²) in [5, 5.41) is 2.29. The summed E-state index contributed by atoms with van der Waals surface area (Å²) >= 11 is 5.92. The number of anilines is 1. The highest BCUT2D eigenvalue weighted by atomic mass is 35.5. The molecular weight excluding hydrogens is 255 g/mol. The van der Waals surface area contributed by atoms with E-state index in [1.807, 2.05) is 0 Å². The fourth-order valence-electron chi connectivity index (χ4n) is 1.60. The Labute approximate surface area is 102 Å². The topological polar surface area (TPSA) is 21.3 Å². The Balaban J connectivity index is 2.15. The largest absolute Gasteiger partial charge is 0.378 e. The van der Waals surface area contributed by atoms with E-state index in [1.165, 1.54) is 6.61 Å². The Morgan fingerprint density at radius 1 is 1.24 bits per heavy atom. The Hall–Kier alpha value is -0.940. The molecule has 1 fully saturated rings.